The van der Waals surface area contributed by atoms with Crippen LogP contribution in [0, 0.1) is 25.0 Å². The first-order valence-electron chi connectivity index (χ1n) is 5.09. The number of ether oxygens (including phenoxy) is 1. The average molecular weight is 367 g/mol. The van der Waals surface area contributed by atoms with Gasteiger partial charge in [-0.15, -0.1) is 0 Å². The third-order valence-electron chi connectivity index (χ3n) is 2.17. The molecule has 19 heavy (non-hydrogen) atoms. The molecule has 1 aromatic heterocycles. The highest BCUT2D eigenvalue weighted by atomic mass is 127. The Morgan fingerprint density at radius 3 is 2.79 bits per heavy atom. The number of hydrogen-bond acceptors (Lipinski definition) is 5. The Labute approximate surface area is 121 Å². The first-order valence-corrected chi connectivity index (χ1v) is 6.17. The lowest BCUT2D eigenvalue weighted by atomic mass is 10.3. The van der Waals surface area contributed by atoms with E-state index < -0.39 is 4.92 Å². The van der Waals surface area contributed by atoms with E-state index in [1.54, 1.807) is 18.2 Å². The second-order valence-electron chi connectivity index (χ2n) is 3.45. The van der Waals surface area contributed by atoms with E-state index in [0.717, 1.165) is 3.57 Å². The Hall–Kier alpha value is -2.21. The molecule has 0 spiro atoms. The quantitative estimate of drug-likeness (QED) is 0.472. The van der Waals surface area contributed by atoms with Crippen molar-refractivity contribution in [3.8, 4) is 17.7 Å². The molecule has 0 N–H and O–H groups in total. The molecule has 0 radical (unpaired) electrons. The van der Waals surface area contributed by atoms with Crippen LogP contribution in [0.5, 0.6) is 11.6 Å². The molecular weight excluding hydrogens is 361 g/mol. The molecule has 0 fully saturated rings. The predicted molar refractivity (Wildman–Crippen MR) is 74.8 cm³/mol. The number of aromatic nitrogens is 1. The van der Waals surface area contributed by atoms with Crippen molar-refractivity contribution in [3.63, 3.8) is 0 Å². The van der Waals surface area contributed by atoms with Crippen molar-refractivity contribution >= 4 is 28.3 Å². The monoisotopic (exact) mass is 367 g/mol. The number of halogens is 1. The van der Waals surface area contributed by atoms with Crippen LogP contribution in [-0.2, 0) is 0 Å². The minimum Gasteiger partial charge on any atom is -0.439 e. The van der Waals surface area contributed by atoms with Crippen LogP contribution in [0.25, 0.3) is 0 Å². The zero-order valence-electron chi connectivity index (χ0n) is 9.41. The van der Waals surface area contributed by atoms with E-state index in [0.29, 0.717) is 5.75 Å². The van der Waals surface area contributed by atoms with Crippen LogP contribution < -0.4 is 4.74 Å². The van der Waals surface area contributed by atoms with Crippen molar-refractivity contribution in [3.05, 3.63) is 55.8 Å². The van der Waals surface area contributed by atoms with E-state index in [9.17, 15) is 10.1 Å². The molecule has 0 saturated carbocycles. The van der Waals surface area contributed by atoms with Gasteiger partial charge in [-0.05, 0) is 40.8 Å². The molecule has 94 valence electrons. The number of pyridine rings is 1. The van der Waals surface area contributed by atoms with Crippen LogP contribution >= 0.6 is 22.6 Å². The van der Waals surface area contributed by atoms with Crippen LogP contribution in [0.15, 0.2) is 36.4 Å². The smallest absolute Gasteiger partial charge is 0.305 e. The Kier molecular flexibility index (Phi) is 3.91. The maximum atomic E-state index is 10.7. The first kappa shape index (κ1) is 13.2. The van der Waals surface area contributed by atoms with Crippen molar-refractivity contribution in [2.24, 2.45) is 0 Å². The highest BCUT2D eigenvalue weighted by molar-refractivity contribution is 14.1. The molecule has 6 nitrogen and oxygen atoms in total. The average Bonchev–Trinajstić information content (AvgIpc) is 2.38. The predicted octanol–water partition coefficient (Wildman–Crippen LogP) is 3.26. The van der Waals surface area contributed by atoms with Crippen molar-refractivity contribution in [2.45, 2.75) is 0 Å². The molecule has 0 aliphatic rings. The fraction of sp³-hybridized carbons (Fsp3) is 0. The van der Waals surface area contributed by atoms with E-state index in [2.05, 4.69) is 27.6 Å². The SMILES string of the molecule is N#Cc1nc(Oc2cccc(I)c2)ccc1[N+](=O)[O-]. The Morgan fingerprint density at radius 1 is 1.37 bits per heavy atom. The molecule has 2 rings (SSSR count). The van der Waals surface area contributed by atoms with Crippen LogP contribution in [0.3, 0.4) is 0 Å². The summed E-state index contributed by atoms with van der Waals surface area (Å²) in [6.45, 7) is 0. The molecule has 0 amide bonds. The summed E-state index contributed by atoms with van der Waals surface area (Å²) < 4.78 is 6.43. The van der Waals surface area contributed by atoms with Crippen LogP contribution in [0.4, 0.5) is 5.69 Å². The van der Waals surface area contributed by atoms with Gasteiger partial charge in [0.1, 0.15) is 11.8 Å². The van der Waals surface area contributed by atoms with Gasteiger partial charge in [-0.1, -0.05) is 6.07 Å². The van der Waals surface area contributed by atoms with Crippen molar-refractivity contribution in [2.75, 3.05) is 0 Å². The maximum absolute atomic E-state index is 10.7. The van der Waals surface area contributed by atoms with E-state index in [1.807, 2.05) is 12.1 Å². The summed E-state index contributed by atoms with van der Waals surface area (Å²) in [6, 6.07) is 11.5. The van der Waals surface area contributed by atoms with Crippen molar-refractivity contribution < 1.29 is 9.66 Å². The third kappa shape index (κ3) is 3.17. The van der Waals surface area contributed by atoms with Crippen LogP contribution in [0.1, 0.15) is 5.69 Å². The normalized spacial score (nSPS) is 9.68. The fourth-order valence-corrected chi connectivity index (χ4v) is 1.89. The van der Waals surface area contributed by atoms with Gasteiger partial charge in [0.2, 0.25) is 11.6 Å². The number of nitriles is 1. The highest BCUT2D eigenvalue weighted by Crippen LogP contribution is 2.24. The zero-order chi connectivity index (χ0) is 13.8. The van der Waals surface area contributed by atoms with Crippen LogP contribution in [0.2, 0.25) is 0 Å². The number of rotatable bonds is 3. The zero-order valence-corrected chi connectivity index (χ0v) is 11.6. The number of benzene rings is 1. The molecule has 1 heterocycles. The van der Waals surface area contributed by atoms with Gasteiger partial charge in [0.05, 0.1) is 4.92 Å². The minimum atomic E-state index is -0.652. The molecular formula is C12H6IN3O3. The molecule has 2 aromatic rings. The van der Waals surface area contributed by atoms with Gasteiger partial charge < -0.3 is 4.74 Å². The lowest BCUT2D eigenvalue weighted by Crippen LogP contribution is -1.97. The van der Waals surface area contributed by atoms with Gasteiger partial charge in [-0.3, -0.25) is 10.1 Å². The fourth-order valence-electron chi connectivity index (χ4n) is 1.37. The van der Waals surface area contributed by atoms with E-state index in [-0.39, 0.29) is 17.3 Å². The molecule has 0 aliphatic heterocycles. The maximum Gasteiger partial charge on any atom is 0.305 e. The van der Waals surface area contributed by atoms with Crippen molar-refractivity contribution in [1.82, 2.24) is 4.98 Å². The summed E-state index contributed by atoms with van der Waals surface area (Å²) in [4.78, 5) is 13.8. The van der Waals surface area contributed by atoms with Gasteiger partial charge in [-0.2, -0.15) is 10.2 Å². The minimum absolute atomic E-state index is 0.143. The summed E-state index contributed by atoms with van der Waals surface area (Å²) in [7, 11) is 0. The summed E-state index contributed by atoms with van der Waals surface area (Å²) in [5, 5.41) is 19.5. The number of nitrogens with zero attached hydrogens (tertiary/aromatic N) is 3. The van der Waals surface area contributed by atoms with E-state index >= 15 is 0 Å². The molecule has 0 atom stereocenters. The Balaban J connectivity index is 2.32. The largest absolute Gasteiger partial charge is 0.439 e. The molecule has 0 bridgehead atoms. The molecule has 7 heteroatoms. The summed E-state index contributed by atoms with van der Waals surface area (Å²) in [5.41, 5.74) is -0.606. The second-order valence-corrected chi connectivity index (χ2v) is 4.69. The highest BCUT2D eigenvalue weighted by Gasteiger charge is 2.16. The topological polar surface area (TPSA) is 89.0 Å². The summed E-state index contributed by atoms with van der Waals surface area (Å²) >= 11 is 2.13. The van der Waals surface area contributed by atoms with E-state index in [1.165, 1.54) is 12.1 Å². The second kappa shape index (κ2) is 5.62. The van der Waals surface area contributed by atoms with Crippen molar-refractivity contribution in [1.29, 1.82) is 5.26 Å². The standard InChI is InChI=1S/C12H6IN3O3/c13-8-2-1-3-9(6-8)19-12-5-4-11(16(17)18)10(7-14)15-12/h1-6H. The van der Waals surface area contributed by atoms with Gasteiger partial charge in [-0.25, -0.2) is 0 Å². The number of nitro groups is 1. The Morgan fingerprint density at radius 2 is 2.16 bits per heavy atom. The lowest BCUT2D eigenvalue weighted by Gasteiger charge is -2.05. The van der Waals surface area contributed by atoms with Crippen LogP contribution in [-0.4, -0.2) is 9.91 Å². The van der Waals surface area contributed by atoms with Gasteiger partial charge >= 0.3 is 5.69 Å². The van der Waals surface area contributed by atoms with Gasteiger partial charge in [0.25, 0.3) is 0 Å². The Bertz CT molecular complexity index is 682. The summed E-state index contributed by atoms with van der Waals surface area (Å²) in [6.07, 6.45) is 0. The van der Waals surface area contributed by atoms with E-state index in [4.69, 9.17) is 10.00 Å². The third-order valence-corrected chi connectivity index (χ3v) is 2.84. The number of hydrogen-bond donors (Lipinski definition) is 0. The first-order chi connectivity index (χ1) is 9.10. The summed E-state index contributed by atoms with van der Waals surface area (Å²) in [5.74, 6) is 0.696. The van der Waals surface area contributed by atoms with Gasteiger partial charge in [0, 0.05) is 15.7 Å². The molecule has 1 aromatic carbocycles. The molecule has 0 aliphatic carbocycles. The lowest BCUT2D eigenvalue weighted by molar-refractivity contribution is -0.385. The van der Waals surface area contributed by atoms with Gasteiger partial charge in [0.15, 0.2) is 0 Å². The molecule has 0 saturated heterocycles. The molecule has 0 unspecified atom stereocenters.